The third kappa shape index (κ3) is 1.77. The van der Waals surface area contributed by atoms with Crippen molar-refractivity contribution in [1.29, 1.82) is 0 Å². The molecule has 0 spiro atoms. The second-order valence-electron chi connectivity index (χ2n) is 4.45. The summed E-state index contributed by atoms with van der Waals surface area (Å²) in [5.74, 6) is -0.221. The average molecular weight is 272 g/mol. The van der Waals surface area contributed by atoms with Crippen LogP contribution in [0.1, 0.15) is 12.5 Å². The van der Waals surface area contributed by atoms with Gasteiger partial charge in [-0.25, -0.2) is 13.9 Å². The molecule has 5 nitrogen and oxygen atoms in total. The van der Waals surface area contributed by atoms with E-state index < -0.39 is 5.82 Å². The number of benzene rings is 1. The Labute approximate surface area is 114 Å². The number of hydrogen-bond donors (Lipinski definition) is 2. The van der Waals surface area contributed by atoms with Gasteiger partial charge in [-0.1, -0.05) is 6.92 Å². The molecule has 0 aliphatic heterocycles. The highest BCUT2D eigenvalue weighted by molar-refractivity contribution is 5.68. The van der Waals surface area contributed by atoms with Crippen molar-refractivity contribution in [2.24, 2.45) is 0 Å². The molecule has 102 valence electrons. The standard InChI is InChI=1S/C14H13FN4O/c1-2-8-11(20)4-3-9(14(8)15)10-7-12(16)18-13-5-6-17-19(10)13/h3-7,20H,2H2,1H3,(H2,16,18). The van der Waals surface area contributed by atoms with Gasteiger partial charge in [0, 0.05) is 23.3 Å². The quantitative estimate of drug-likeness (QED) is 0.751. The molecule has 0 aliphatic carbocycles. The zero-order valence-corrected chi connectivity index (χ0v) is 10.8. The first kappa shape index (κ1) is 12.4. The first-order chi connectivity index (χ1) is 9.61. The minimum atomic E-state index is -0.463. The Kier molecular flexibility index (Phi) is 2.78. The van der Waals surface area contributed by atoms with Crippen LogP contribution in [0.15, 0.2) is 30.5 Å². The molecule has 0 atom stereocenters. The van der Waals surface area contributed by atoms with E-state index in [1.807, 2.05) is 0 Å². The minimum Gasteiger partial charge on any atom is -0.508 e. The molecular formula is C14H13FN4O. The zero-order chi connectivity index (χ0) is 14.3. The van der Waals surface area contributed by atoms with E-state index in [0.29, 0.717) is 29.1 Å². The molecular weight excluding hydrogens is 259 g/mol. The van der Waals surface area contributed by atoms with Gasteiger partial charge in [0.05, 0.1) is 11.9 Å². The smallest absolute Gasteiger partial charge is 0.158 e. The van der Waals surface area contributed by atoms with Crippen molar-refractivity contribution >= 4 is 11.5 Å². The van der Waals surface area contributed by atoms with Crippen molar-refractivity contribution in [3.63, 3.8) is 0 Å². The van der Waals surface area contributed by atoms with Gasteiger partial charge < -0.3 is 10.8 Å². The number of phenolic OH excluding ortho intramolecular Hbond substituents is 1. The number of aromatic nitrogens is 3. The molecule has 6 heteroatoms. The topological polar surface area (TPSA) is 76.4 Å². The fourth-order valence-electron chi connectivity index (χ4n) is 2.27. The van der Waals surface area contributed by atoms with Gasteiger partial charge in [-0.3, -0.25) is 0 Å². The predicted octanol–water partition coefficient (Wildman–Crippen LogP) is 2.39. The van der Waals surface area contributed by atoms with Crippen LogP contribution in [-0.4, -0.2) is 19.7 Å². The van der Waals surface area contributed by atoms with Crippen LogP contribution >= 0.6 is 0 Å². The number of fused-ring (bicyclic) bond motifs is 1. The van der Waals surface area contributed by atoms with E-state index in [9.17, 15) is 9.50 Å². The summed E-state index contributed by atoms with van der Waals surface area (Å²) >= 11 is 0. The number of phenols is 1. The molecule has 0 saturated heterocycles. The van der Waals surface area contributed by atoms with Crippen LogP contribution in [0.4, 0.5) is 10.2 Å². The fraction of sp³-hybridized carbons (Fsp3) is 0.143. The summed E-state index contributed by atoms with van der Waals surface area (Å²) in [6.45, 7) is 1.78. The summed E-state index contributed by atoms with van der Waals surface area (Å²) in [6, 6.07) is 6.25. The lowest BCUT2D eigenvalue weighted by atomic mass is 10.0. The molecule has 1 aromatic carbocycles. The van der Waals surface area contributed by atoms with Crippen LogP contribution in [-0.2, 0) is 6.42 Å². The second-order valence-corrected chi connectivity index (χ2v) is 4.45. The van der Waals surface area contributed by atoms with E-state index >= 15 is 0 Å². The van der Waals surface area contributed by atoms with E-state index in [4.69, 9.17) is 5.73 Å². The van der Waals surface area contributed by atoms with Gasteiger partial charge in [-0.2, -0.15) is 5.10 Å². The number of anilines is 1. The fourth-order valence-corrected chi connectivity index (χ4v) is 2.27. The van der Waals surface area contributed by atoms with Crippen molar-refractivity contribution < 1.29 is 9.50 Å². The van der Waals surface area contributed by atoms with Crippen LogP contribution in [0, 0.1) is 5.82 Å². The van der Waals surface area contributed by atoms with Gasteiger partial charge in [0.15, 0.2) is 5.65 Å². The van der Waals surface area contributed by atoms with E-state index in [2.05, 4.69) is 10.1 Å². The summed E-state index contributed by atoms with van der Waals surface area (Å²) in [4.78, 5) is 4.12. The third-order valence-electron chi connectivity index (χ3n) is 3.23. The molecule has 3 N–H and O–H groups in total. The van der Waals surface area contributed by atoms with E-state index in [-0.39, 0.29) is 11.3 Å². The van der Waals surface area contributed by atoms with Crippen molar-refractivity contribution in [1.82, 2.24) is 14.6 Å². The highest BCUT2D eigenvalue weighted by Gasteiger charge is 2.16. The highest BCUT2D eigenvalue weighted by Crippen LogP contribution is 2.31. The minimum absolute atomic E-state index is 0.0486. The Balaban J connectivity index is 2.33. The molecule has 3 rings (SSSR count). The molecule has 3 aromatic rings. The predicted molar refractivity (Wildman–Crippen MR) is 73.8 cm³/mol. The maximum absolute atomic E-state index is 14.5. The van der Waals surface area contributed by atoms with Gasteiger partial charge in [-0.05, 0) is 18.6 Å². The third-order valence-corrected chi connectivity index (χ3v) is 3.23. The lowest BCUT2D eigenvalue weighted by Gasteiger charge is -2.11. The summed E-state index contributed by atoms with van der Waals surface area (Å²) in [7, 11) is 0. The number of aromatic hydroxyl groups is 1. The normalized spacial score (nSPS) is 11.1. The van der Waals surface area contributed by atoms with E-state index in [1.165, 1.54) is 16.6 Å². The zero-order valence-electron chi connectivity index (χ0n) is 10.8. The van der Waals surface area contributed by atoms with Crippen molar-refractivity contribution in [3.8, 4) is 17.0 Å². The van der Waals surface area contributed by atoms with E-state index in [0.717, 1.165) is 0 Å². The molecule has 0 aliphatic rings. The maximum atomic E-state index is 14.5. The van der Waals surface area contributed by atoms with Crippen molar-refractivity contribution in [2.75, 3.05) is 5.73 Å². The molecule has 2 heterocycles. The number of nitrogens with two attached hydrogens (primary N) is 1. The highest BCUT2D eigenvalue weighted by atomic mass is 19.1. The molecule has 0 radical (unpaired) electrons. The second kappa shape index (κ2) is 4.48. The van der Waals surface area contributed by atoms with Gasteiger partial charge in [0.1, 0.15) is 17.4 Å². The first-order valence-electron chi connectivity index (χ1n) is 6.22. The number of hydrogen-bond acceptors (Lipinski definition) is 4. The monoisotopic (exact) mass is 272 g/mol. The molecule has 0 amide bonds. The van der Waals surface area contributed by atoms with E-state index in [1.54, 1.807) is 25.3 Å². The molecule has 0 saturated carbocycles. The number of nitrogens with zero attached hydrogens (tertiary/aromatic N) is 3. The lowest BCUT2D eigenvalue weighted by Crippen LogP contribution is -2.02. The van der Waals surface area contributed by atoms with Crippen LogP contribution in [0.3, 0.4) is 0 Å². The largest absolute Gasteiger partial charge is 0.508 e. The molecule has 20 heavy (non-hydrogen) atoms. The van der Waals surface area contributed by atoms with Gasteiger partial charge >= 0.3 is 0 Å². The van der Waals surface area contributed by atoms with Crippen molar-refractivity contribution in [2.45, 2.75) is 13.3 Å². The van der Waals surface area contributed by atoms with Crippen LogP contribution in [0.2, 0.25) is 0 Å². The summed E-state index contributed by atoms with van der Waals surface area (Å²) in [5.41, 5.74) is 7.41. The summed E-state index contributed by atoms with van der Waals surface area (Å²) in [5, 5.41) is 13.8. The molecule has 0 unspecified atom stereocenters. The summed E-state index contributed by atoms with van der Waals surface area (Å²) in [6.07, 6.45) is 1.97. The van der Waals surface area contributed by atoms with Gasteiger partial charge in [-0.15, -0.1) is 0 Å². The Bertz CT molecular complexity index is 797. The van der Waals surface area contributed by atoms with Crippen LogP contribution < -0.4 is 5.73 Å². The first-order valence-corrected chi connectivity index (χ1v) is 6.22. The van der Waals surface area contributed by atoms with Crippen molar-refractivity contribution in [3.05, 3.63) is 41.8 Å². The molecule has 2 aromatic heterocycles. The average Bonchev–Trinajstić information content (AvgIpc) is 2.86. The number of rotatable bonds is 2. The van der Waals surface area contributed by atoms with Gasteiger partial charge in [0.2, 0.25) is 0 Å². The number of nitrogen functional groups attached to an aromatic ring is 1. The summed E-state index contributed by atoms with van der Waals surface area (Å²) < 4.78 is 16.0. The molecule has 0 bridgehead atoms. The van der Waals surface area contributed by atoms with Crippen LogP contribution in [0.25, 0.3) is 16.9 Å². The molecule has 0 fully saturated rings. The Morgan fingerprint density at radius 1 is 1.35 bits per heavy atom. The lowest BCUT2D eigenvalue weighted by molar-refractivity contribution is 0.460. The Morgan fingerprint density at radius 2 is 2.15 bits per heavy atom. The SMILES string of the molecule is CCc1c(O)ccc(-c2cc(N)nc3ccnn23)c1F. The maximum Gasteiger partial charge on any atom is 0.158 e. The number of halogens is 1. The van der Waals surface area contributed by atoms with Crippen LogP contribution in [0.5, 0.6) is 5.75 Å². The Morgan fingerprint density at radius 3 is 2.90 bits per heavy atom. The Hall–Kier alpha value is -2.63. The van der Waals surface area contributed by atoms with Gasteiger partial charge in [0.25, 0.3) is 0 Å².